The minimum Gasteiger partial charge on any atom is -0.481 e. The van der Waals surface area contributed by atoms with Crippen LogP contribution >= 0.6 is 0 Å². The molecule has 3 N–H and O–H groups in total. The summed E-state index contributed by atoms with van der Waals surface area (Å²) in [5.74, 6) is -11.9. The Morgan fingerprint density at radius 3 is 1.86 bits per heavy atom. The molecule has 4 atom stereocenters. The van der Waals surface area contributed by atoms with Gasteiger partial charge in [0, 0.05) is 13.3 Å². The van der Waals surface area contributed by atoms with E-state index >= 15 is 0 Å². The van der Waals surface area contributed by atoms with Crippen molar-refractivity contribution in [1.29, 1.82) is 0 Å². The topological polar surface area (TPSA) is 155 Å². The Hall–Kier alpha value is -2.45. The summed E-state index contributed by atoms with van der Waals surface area (Å²) in [5, 5.41) is 27.2. The highest BCUT2D eigenvalue weighted by Crippen LogP contribution is 2.44. The quantitative estimate of drug-likeness (QED) is 0.453. The largest absolute Gasteiger partial charge is 0.481 e. The van der Waals surface area contributed by atoms with Crippen molar-refractivity contribution in [3.8, 4) is 0 Å². The Morgan fingerprint density at radius 2 is 1.48 bits per heavy atom. The van der Waals surface area contributed by atoms with Crippen molar-refractivity contribution in [3.63, 3.8) is 0 Å². The molecule has 1 rings (SSSR count). The number of hydrogen-bond donors (Lipinski definition) is 3. The number of ether oxygens (including phenoxy) is 1. The van der Waals surface area contributed by atoms with Crippen LogP contribution < -0.4 is 0 Å². The maximum absolute atomic E-state index is 11.4. The molecule has 9 heteroatoms. The minimum absolute atomic E-state index is 0.281. The van der Waals surface area contributed by atoms with Gasteiger partial charge in [-0.2, -0.15) is 0 Å². The van der Waals surface area contributed by atoms with Crippen molar-refractivity contribution in [2.45, 2.75) is 19.8 Å². The van der Waals surface area contributed by atoms with Crippen LogP contribution in [0.3, 0.4) is 0 Å². The number of esters is 2. The van der Waals surface area contributed by atoms with Crippen LogP contribution in [0.15, 0.2) is 0 Å². The first-order valence-corrected chi connectivity index (χ1v) is 6.04. The Morgan fingerprint density at radius 1 is 0.952 bits per heavy atom. The van der Waals surface area contributed by atoms with Gasteiger partial charge in [0.05, 0.1) is 17.8 Å². The summed E-state index contributed by atoms with van der Waals surface area (Å²) in [6.45, 7) is 0.987. The second-order valence-corrected chi connectivity index (χ2v) is 4.84. The summed E-state index contributed by atoms with van der Waals surface area (Å²) >= 11 is 0. The Kier molecular flexibility index (Phi) is 5.01. The predicted octanol–water partition coefficient (Wildman–Crippen LogP) is -0.411. The molecule has 21 heavy (non-hydrogen) atoms. The van der Waals surface area contributed by atoms with Crippen LogP contribution in [0.5, 0.6) is 0 Å². The van der Waals surface area contributed by atoms with E-state index < -0.39 is 59.9 Å². The molecule has 1 fully saturated rings. The minimum atomic E-state index is -1.63. The zero-order valence-electron chi connectivity index (χ0n) is 11.0. The second-order valence-electron chi connectivity index (χ2n) is 4.84. The van der Waals surface area contributed by atoms with E-state index in [1.165, 1.54) is 0 Å². The molecule has 116 valence electrons. The van der Waals surface area contributed by atoms with Crippen molar-refractivity contribution in [2.75, 3.05) is 0 Å². The van der Waals surface area contributed by atoms with E-state index in [1.54, 1.807) is 0 Å². The van der Waals surface area contributed by atoms with E-state index in [9.17, 15) is 24.0 Å². The molecule has 4 unspecified atom stereocenters. The lowest BCUT2D eigenvalue weighted by Crippen LogP contribution is -2.34. The van der Waals surface area contributed by atoms with Crippen LogP contribution in [-0.4, -0.2) is 45.2 Å². The van der Waals surface area contributed by atoms with E-state index in [-0.39, 0.29) is 6.42 Å². The van der Waals surface area contributed by atoms with Gasteiger partial charge in [0.15, 0.2) is 0 Å². The lowest BCUT2D eigenvalue weighted by molar-refractivity contribution is -0.160. The lowest BCUT2D eigenvalue weighted by Gasteiger charge is -2.18. The number of carboxylic acids is 3. The Labute approximate surface area is 118 Å². The van der Waals surface area contributed by atoms with Gasteiger partial charge in [-0.3, -0.25) is 24.0 Å². The van der Waals surface area contributed by atoms with Crippen LogP contribution in [0.4, 0.5) is 0 Å². The van der Waals surface area contributed by atoms with Crippen LogP contribution in [0, 0.1) is 23.7 Å². The molecule has 0 aromatic rings. The Bertz CT molecular complexity index is 495. The fourth-order valence-corrected chi connectivity index (χ4v) is 2.72. The maximum Gasteiger partial charge on any atom is 0.313 e. The predicted molar refractivity (Wildman–Crippen MR) is 62.9 cm³/mol. The van der Waals surface area contributed by atoms with Gasteiger partial charge in [0.1, 0.15) is 0 Å². The number of aliphatic carboxylic acids is 3. The summed E-state index contributed by atoms with van der Waals surface area (Å²) in [7, 11) is 0. The standard InChI is InChI=1S/C12H14O9/c1-4(13)21-7(14)3-5-2-6(10(15)16)9(12(19)20)8(5)11(17)18/h5-6,8-9H,2-3H2,1H3,(H,15,16)(H,17,18)(H,19,20). The molecule has 0 heterocycles. The molecule has 1 aliphatic rings. The highest BCUT2D eigenvalue weighted by atomic mass is 16.6. The summed E-state index contributed by atoms with van der Waals surface area (Å²) in [6.07, 6.45) is -0.805. The first kappa shape index (κ1) is 16.6. The zero-order chi connectivity index (χ0) is 16.3. The molecule has 1 aliphatic carbocycles. The van der Waals surface area contributed by atoms with Gasteiger partial charge in [-0.15, -0.1) is 0 Å². The highest BCUT2D eigenvalue weighted by molar-refractivity contribution is 5.88. The third-order valence-corrected chi connectivity index (χ3v) is 3.46. The molecular formula is C12H14O9. The van der Waals surface area contributed by atoms with Crippen molar-refractivity contribution >= 4 is 29.8 Å². The summed E-state index contributed by atoms with van der Waals surface area (Å²) < 4.78 is 4.27. The van der Waals surface area contributed by atoms with E-state index in [0.29, 0.717) is 0 Å². The third-order valence-electron chi connectivity index (χ3n) is 3.46. The van der Waals surface area contributed by atoms with E-state index in [0.717, 1.165) is 6.92 Å². The zero-order valence-corrected chi connectivity index (χ0v) is 11.0. The number of carboxylic acid groups (broad SMARTS) is 3. The van der Waals surface area contributed by atoms with Gasteiger partial charge >= 0.3 is 29.8 Å². The first-order chi connectivity index (χ1) is 9.65. The average molecular weight is 302 g/mol. The SMILES string of the molecule is CC(=O)OC(=O)CC1CC(C(=O)O)C(C(=O)O)C1C(=O)O. The average Bonchev–Trinajstić information content (AvgIpc) is 2.67. The van der Waals surface area contributed by atoms with Gasteiger partial charge in [0.2, 0.25) is 0 Å². The highest BCUT2D eigenvalue weighted by Gasteiger charge is 2.54. The molecule has 0 saturated heterocycles. The second kappa shape index (κ2) is 6.33. The summed E-state index contributed by atoms with van der Waals surface area (Å²) in [4.78, 5) is 55.5. The van der Waals surface area contributed by atoms with E-state index in [4.69, 9.17) is 15.3 Å². The molecule has 0 spiro atoms. The number of rotatable bonds is 5. The van der Waals surface area contributed by atoms with E-state index in [1.807, 2.05) is 0 Å². The van der Waals surface area contributed by atoms with Gasteiger partial charge < -0.3 is 20.1 Å². The maximum atomic E-state index is 11.4. The number of carbonyl (C=O) groups is 5. The van der Waals surface area contributed by atoms with Crippen LogP contribution in [0.25, 0.3) is 0 Å². The first-order valence-electron chi connectivity index (χ1n) is 6.04. The molecule has 0 radical (unpaired) electrons. The number of carbonyl (C=O) groups excluding carboxylic acids is 2. The fourth-order valence-electron chi connectivity index (χ4n) is 2.72. The van der Waals surface area contributed by atoms with E-state index in [2.05, 4.69) is 4.74 Å². The number of hydrogen-bond acceptors (Lipinski definition) is 6. The molecule has 0 bridgehead atoms. The normalized spacial score (nSPS) is 27.9. The van der Waals surface area contributed by atoms with Crippen LogP contribution in [0.1, 0.15) is 19.8 Å². The van der Waals surface area contributed by atoms with Crippen molar-refractivity contribution in [1.82, 2.24) is 0 Å². The van der Waals surface area contributed by atoms with Crippen molar-refractivity contribution in [2.24, 2.45) is 23.7 Å². The van der Waals surface area contributed by atoms with Crippen LogP contribution in [0.2, 0.25) is 0 Å². The van der Waals surface area contributed by atoms with Crippen molar-refractivity contribution in [3.05, 3.63) is 0 Å². The molecule has 9 nitrogen and oxygen atoms in total. The molecule has 0 aliphatic heterocycles. The Balaban J connectivity index is 3.00. The lowest BCUT2D eigenvalue weighted by atomic mass is 9.86. The van der Waals surface area contributed by atoms with Gasteiger partial charge in [0.25, 0.3) is 0 Å². The van der Waals surface area contributed by atoms with Gasteiger partial charge in [-0.1, -0.05) is 0 Å². The smallest absolute Gasteiger partial charge is 0.313 e. The molecular weight excluding hydrogens is 288 g/mol. The molecule has 1 saturated carbocycles. The summed E-state index contributed by atoms with van der Waals surface area (Å²) in [5.41, 5.74) is 0. The molecule has 0 amide bonds. The van der Waals surface area contributed by atoms with Gasteiger partial charge in [-0.05, 0) is 12.3 Å². The van der Waals surface area contributed by atoms with Crippen molar-refractivity contribution < 1.29 is 44.0 Å². The van der Waals surface area contributed by atoms with Crippen LogP contribution in [-0.2, 0) is 28.7 Å². The fraction of sp³-hybridized carbons (Fsp3) is 0.583. The molecule has 0 aromatic carbocycles. The third kappa shape index (κ3) is 3.77. The molecule has 0 aromatic heterocycles. The van der Waals surface area contributed by atoms with Gasteiger partial charge in [-0.25, -0.2) is 0 Å². The monoisotopic (exact) mass is 302 g/mol. The summed E-state index contributed by atoms with van der Waals surface area (Å²) in [6, 6.07) is 0.